The first kappa shape index (κ1) is 29.3. The number of halogens is 1. The molecule has 9 heteroatoms. The molecule has 0 aliphatic heterocycles. The first-order chi connectivity index (χ1) is 21.2. The van der Waals surface area contributed by atoms with E-state index in [9.17, 15) is 4.39 Å². The van der Waals surface area contributed by atoms with Gasteiger partial charge in [0.15, 0.2) is 0 Å². The molecule has 0 saturated heterocycles. The highest BCUT2D eigenvalue weighted by molar-refractivity contribution is 8.25. The molecule has 0 amide bonds. The van der Waals surface area contributed by atoms with Gasteiger partial charge in [-0.3, -0.25) is 19.8 Å². The Morgan fingerprint density at radius 3 is 2.59 bits per heavy atom. The van der Waals surface area contributed by atoms with Crippen molar-refractivity contribution >= 4 is 48.6 Å². The number of hydrogen-bond acceptors (Lipinski definition) is 5. The summed E-state index contributed by atoms with van der Waals surface area (Å²) >= 11 is 0. The topological polar surface area (TPSA) is 94.3 Å². The lowest BCUT2D eigenvalue weighted by atomic mass is 10.0. The van der Waals surface area contributed by atoms with Crippen molar-refractivity contribution in [3.8, 4) is 33.8 Å². The van der Waals surface area contributed by atoms with E-state index < -0.39 is 9.39 Å². The zero-order valence-corrected chi connectivity index (χ0v) is 25.8. The molecule has 0 atom stereocenters. The summed E-state index contributed by atoms with van der Waals surface area (Å²) < 4.78 is 18.0. The van der Waals surface area contributed by atoms with Crippen molar-refractivity contribution in [1.82, 2.24) is 29.9 Å². The third-order valence-electron chi connectivity index (χ3n) is 7.45. The fourth-order valence-corrected chi connectivity index (χ4v) is 5.80. The van der Waals surface area contributed by atoms with Crippen molar-refractivity contribution in [3.05, 3.63) is 96.8 Å². The van der Waals surface area contributed by atoms with Crippen LogP contribution in [0.3, 0.4) is 0 Å². The molecule has 4 aromatic heterocycles. The highest BCUT2D eigenvalue weighted by Crippen LogP contribution is 2.35. The Labute approximate surface area is 257 Å². The van der Waals surface area contributed by atoms with Crippen molar-refractivity contribution in [1.29, 1.82) is 0 Å². The molecule has 0 bridgehead atoms. The van der Waals surface area contributed by atoms with Gasteiger partial charge in [-0.05, 0) is 78.8 Å². The third kappa shape index (κ3) is 6.44. The molecular formula is C35H36FN7S. The lowest BCUT2D eigenvalue weighted by Crippen LogP contribution is -2.08. The highest BCUT2D eigenvalue weighted by Gasteiger charge is 2.16. The van der Waals surface area contributed by atoms with Crippen LogP contribution >= 0.6 is 9.39 Å². The minimum Gasteiger partial charge on any atom is -0.358 e. The van der Waals surface area contributed by atoms with Crippen molar-refractivity contribution in [2.45, 2.75) is 32.7 Å². The summed E-state index contributed by atoms with van der Waals surface area (Å²) in [6.45, 7) is 6.80. The van der Waals surface area contributed by atoms with Crippen LogP contribution in [-0.2, 0) is 6.54 Å². The van der Waals surface area contributed by atoms with Gasteiger partial charge in [0.25, 0.3) is 0 Å². The minimum atomic E-state index is -1.43. The summed E-state index contributed by atoms with van der Waals surface area (Å²) in [6, 6.07) is 17.3. The zero-order valence-electron chi connectivity index (χ0n) is 25.0. The number of hydrogen-bond donors (Lipinski definition) is 4. The van der Waals surface area contributed by atoms with Gasteiger partial charge in [-0.25, -0.2) is 4.39 Å². The van der Waals surface area contributed by atoms with Gasteiger partial charge in [0.05, 0.1) is 28.8 Å². The van der Waals surface area contributed by atoms with Crippen LogP contribution in [0.15, 0.2) is 85.5 Å². The Balaban J connectivity index is 1.35. The van der Waals surface area contributed by atoms with Gasteiger partial charge in [0.2, 0.25) is 0 Å². The van der Waals surface area contributed by atoms with Crippen LogP contribution < -0.4 is 10.0 Å². The molecule has 44 heavy (non-hydrogen) atoms. The molecule has 0 fully saturated rings. The molecule has 224 valence electrons. The maximum atomic E-state index is 14.7. The van der Waals surface area contributed by atoms with Gasteiger partial charge < -0.3 is 10.3 Å². The van der Waals surface area contributed by atoms with Crippen LogP contribution in [0.25, 0.3) is 55.6 Å². The van der Waals surface area contributed by atoms with E-state index in [1.807, 2.05) is 42.9 Å². The van der Waals surface area contributed by atoms with Crippen molar-refractivity contribution in [2.24, 2.45) is 0 Å². The Morgan fingerprint density at radius 1 is 0.932 bits per heavy atom. The Hall–Kier alpha value is -4.73. The van der Waals surface area contributed by atoms with Crippen LogP contribution in [0, 0.1) is 5.82 Å². The predicted octanol–water partition coefficient (Wildman–Crippen LogP) is 8.39. The van der Waals surface area contributed by atoms with Crippen LogP contribution in [0.4, 0.5) is 10.1 Å². The number of nitrogens with zero attached hydrogens (tertiary/aromatic N) is 3. The molecule has 4 heterocycles. The molecule has 0 aliphatic rings. The smallest absolute Gasteiger partial charge is 0.124 e. The number of nitrogens with one attached hydrogen (secondary N) is 4. The van der Waals surface area contributed by atoms with E-state index in [1.54, 1.807) is 6.20 Å². The van der Waals surface area contributed by atoms with Crippen LogP contribution in [0.2, 0.25) is 0 Å². The van der Waals surface area contributed by atoms with E-state index in [-0.39, 0.29) is 5.82 Å². The molecule has 0 radical (unpaired) electrons. The van der Waals surface area contributed by atoms with Gasteiger partial charge in [-0.1, -0.05) is 37.7 Å². The zero-order chi connectivity index (χ0) is 30.8. The number of unbranched alkanes of at least 4 members (excludes halogenated alkanes) is 1. The maximum absolute atomic E-state index is 14.7. The lowest BCUT2D eigenvalue weighted by Gasteiger charge is -2.12. The number of pyridine rings is 2. The third-order valence-corrected chi connectivity index (χ3v) is 8.29. The van der Waals surface area contributed by atoms with Crippen molar-refractivity contribution in [3.63, 3.8) is 0 Å². The number of anilines is 1. The summed E-state index contributed by atoms with van der Waals surface area (Å²) in [4.78, 5) is 12.6. The van der Waals surface area contributed by atoms with E-state index in [1.165, 1.54) is 12.1 Å². The Kier molecular flexibility index (Phi) is 8.07. The molecule has 2 aromatic carbocycles. The van der Waals surface area contributed by atoms with Crippen LogP contribution in [-0.4, -0.2) is 43.1 Å². The molecule has 0 spiro atoms. The second-order valence-corrected chi connectivity index (χ2v) is 14.2. The highest BCUT2D eigenvalue weighted by atomic mass is 32.2. The number of allylic oxidation sites excluding steroid dienone is 1. The molecule has 0 saturated carbocycles. The van der Waals surface area contributed by atoms with Crippen LogP contribution in [0.5, 0.6) is 0 Å². The van der Waals surface area contributed by atoms with E-state index in [2.05, 4.69) is 78.6 Å². The van der Waals surface area contributed by atoms with Gasteiger partial charge >= 0.3 is 0 Å². The Morgan fingerprint density at radius 2 is 1.77 bits per heavy atom. The van der Waals surface area contributed by atoms with Gasteiger partial charge in [0, 0.05) is 52.1 Å². The van der Waals surface area contributed by atoms with E-state index in [0.717, 1.165) is 80.5 Å². The number of fused-ring (bicyclic) bond motifs is 2. The lowest BCUT2D eigenvalue weighted by molar-refractivity contribution is 0.625. The summed E-state index contributed by atoms with van der Waals surface area (Å²) in [5.74, 6) is 7.80. The Bertz CT molecular complexity index is 2110. The van der Waals surface area contributed by atoms with Gasteiger partial charge in [-0.15, -0.1) is 0 Å². The monoisotopic (exact) mass is 605 g/mol. The number of benzene rings is 2. The fraction of sp³-hybridized carbons (Fsp3) is 0.171. The molecule has 0 unspecified atom stereocenters. The standard InChI is InChI=1S/C35H36FN7S/c1-6-7-8-22(2)40-28-16-26(20-37-21-28)24-9-10-32-29(17-24)35(43-42-32)33-18-30-31(41-33)11-12-38-34(30)25-13-23(14-27(36)15-25)19-39-44(3,4)5/h9-18,20-21,39-41H,2-4,6-8,19H2,1,5H3,(H,42,43). The summed E-state index contributed by atoms with van der Waals surface area (Å²) in [7, 11) is -1.43. The molecule has 0 aliphatic carbocycles. The summed E-state index contributed by atoms with van der Waals surface area (Å²) in [6.07, 6.45) is 10.5. The van der Waals surface area contributed by atoms with E-state index >= 15 is 0 Å². The van der Waals surface area contributed by atoms with Gasteiger partial charge in [-0.2, -0.15) is 14.5 Å². The van der Waals surface area contributed by atoms with Gasteiger partial charge in [0.1, 0.15) is 11.5 Å². The molecule has 6 aromatic rings. The number of rotatable bonds is 11. The maximum Gasteiger partial charge on any atom is 0.124 e. The SMILES string of the molecule is C=C(CCCC)Nc1cncc(-c2ccc3[nH]nc(-c4cc5c(-c6cc(F)cc(CNS(=C)(=C)C)c6)nccc5[nH]4)c3c2)c1. The van der Waals surface area contributed by atoms with Crippen LogP contribution in [0.1, 0.15) is 31.7 Å². The van der Waals surface area contributed by atoms with E-state index in [0.29, 0.717) is 17.8 Å². The molecule has 4 N–H and O–H groups in total. The predicted molar refractivity (Wildman–Crippen MR) is 187 cm³/mol. The second-order valence-electron chi connectivity index (χ2n) is 11.4. The quantitative estimate of drug-likeness (QED) is 0.111. The average Bonchev–Trinajstić information content (AvgIpc) is 3.62. The number of H-pyrrole nitrogens is 2. The first-order valence-electron chi connectivity index (χ1n) is 14.5. The summed E-state index contributed by atoms with van der Waals surface area (Å²) in [5, 5.41) is 13.1. The molecule has 6 rings (SSSR count). The minimum absolute atomic E-state index is 0.316. The molecule has 7 nitrogen and oxygen atoms in total. The fourth-order valence-electron chi connectivity index (χ4n) is 5.28. The van der Waals surface area contributed by atoms with E-state index in [4.69, 9.17) is 0 Å². The first-order valence-corrected chi connectivity index (χ1v) is 16.9. The second kappa shape index (κ2) is 12.1. The van der Waals surface area contributed by atoms with Crippen molar-refractivity contribution < 1.29 is 4.39 Å². The normalized spacial score (nSPS) is 11.8. The van der Waals surface area contributed by atoms with Crippen molar-refractivity contribution in [2.75, 3.05) is 11.6 Å². The number of aromatic amines is 2. The average molecular weight is 606 g/mol. The number of aromatic nitrogens is 5. The largest absolute Gasteiger partial charge is 0.358 e. The summed E-state index contributed by atoms with van der Waals surface area (Å²) in [5.41, 5.74) is 9.56. The molecular weight excluding hydrogens is 569 g/mol.